The van der Waals surface area contributed by atoms with Gasteiger partial charge in [0.25, 0.3) is 0 Å². The molecule has 0 aliphatic carbocycles. The zero-order valence-corrected chi connectivity index (χ0v) is 9.15. The first kappa shape index (κ1) is 10.7. The van der Waals surface area contributed by atoms with E-state index in [2.05, 4.69) is 35.6 Å². The van der Waals surface area contributed by atoms with Crippen LogP contribution in [0.4, 0.5) is 0 Å². The van der Waals surface area contributed by atoms with Gasteiger partial charge in [0, 0.05) is 6.04 Å². The quantitative estimate of drug-likeness (QED) is 0.781. The minimum atomic E-state index is 0.656. The molecule has 1 fully saturated rings. The fourth-order valence-electron chi connectivity index (χ4n) is 2.41. The summed E-state index contributed by atoms with van der Waals surface area (Å²) in [5, 5.41) is 3.58. The lowest BCUT2D eigenvalue weighted by Crippen LogP contribution is -2.23. The van der Waals surface area contributed by atoms with E-state index in [1.54, 1.807) is 0 Å². The van der Waals surface area contributed by atoms with Crippen LogP contribution >= 0.6 is 0 Å². The predicted molar refractivity (Wildman–Crippen MR) is 63.7 cm³/mol. The standard InChI is InChI=1S/C13H20N2/c14-7-6-12-9-13(15-10-12)8-11-4-2-1-3-5-11/h1-5,12-13,15H,6-10,14H2. The third-order valence-electron chi connectivity index (χ3n) is 3.21. The van der Waals surface area contributed by atoms with E-state index in [9.17, 15) is 0 Å². The molecule has 0 amide bonds. The second-order valence-corrected chi connectivity index (χ2v) is 4.47. The maximum absolute atomic E-state index is 5.58. The summed E-state index contributed by atoms with van der Waals surface area (Å²) in [5.41, 5.74) is 7.01. The maximum Gasteiger partial charge on any atom is 0.0111 e. The highest BCUT2D eigenvalue weighted by atomic mass is 14.9. The van der Waals surface area contributed by atoms with Crippen LogP contribution in [0.3, 0.4) is 0 Å². The molecule has 1 aromatic carbocycles. The highest BCUT2D eigenvalue weighted by molar-refractivity contribution is 5.16. The van der Waals surface area contributed by atoms with Gasteiger partial charge in [-0.3, -0.25) is 0 Å². The molecule has 2 unspecified atom stereocenters. The molecule has 0 saturated carbocycles. The Morgan fingerprint density at radius 1 is 1.27 bits per heavy atom. The van der Waals surface area contributed by atoms with Crippen LogP contribution in [-0.2, 0) is 6.42 Å². The fraction of sp³-hybridized carbons (Fsp3) is 0.538. The van der Waals surface area contributed by atoms with E-state index in [1.807, 2.05) is 0 Å². The number of nitrogens with one attached hydrogen (secondary N) is 1. The lowest BCUT2D eigenvalue weighted by atomic mass is 9.98. The highest BCUT2D eigenvalue weighted by Crippen LogP contribution is 2.19. The van der Waals surface area contributed by atoms with Crippen molar-refractivity contribution in [3.63, 3.8) is 0 Å². The van der Waals surface area contributed by atoms with E-state index >= 15 is 0 Å². The zero-order valence-electron chi connectivity index (χ0n) is 9.15. The van der Waals surface area contributed by atoms with E-state index < -0.39 is 0 Å². The monoisotopic (exact) mass is 204 g/mol. The first-order valence-corrected chi connectivity index (χ1v) is 5.86. The number of benzene rings is 1. The molecule has 0 spiro atoms. The van der Waals surface area contributed by atoms with Crippen LogP contribution in [0.2, 0.25) is 0 Å². The fourth-order valence-corrected chi connectivity index (χ4v) is 2.41. The molecule has 1 heterocycles. The number of hydrogen-bond acceptors (Lipinski definition) is 2. The minimum Gasteiger partial charge on any atom is -0.330 e. The molecule has 3 N–H and O–H groups in total. The van der Waals surface area contributed by atoms with Crippen molar-refractivity contribution in [1.29, 1.82) is 0 Å². The molecular weight excluding hydrogens is 184 g/mol. The van der Waals surface area contributed by atoms with Crippen molar-refractivity contribution in [3.8, 4) is 0 Å². The summed E-state index contributed by atoms with van der Waals surface area (Å²) in [6.07, 6.45) is 3.60. The van der Waals surface area contributed by atoms with Gasteiger partial charge < -0.3 is 11.1 Å². The molecule has 82 valence electrons. The van der Waals surface area contributed by atoms with E-state index in [4.69, 9.17) is 5.73 Å². The Kier molecular flexibility index (Phi) is 3.75. The van der Waals surface area contributed by atoms with Crippen molar-refractivity contribution in [1.82, 2.24) is 5.32 Å². The zero-order chi connectivity index (χ0) is 10.5. The smallest absolute Gasteiger partial charge is 0.0111 e. The van der Waals surface area contributed by atoms with Gasteiger partial charge in [-0.2, -0.15) is 0 Å². The van der Waals surface area contributed by atoms with E-state index in [0.717, 1.165) is 31.8 Å². The lowest BCUT2D eigenvalue weighted by molar-refractivity contribution is 0.520. The largest absolute Gasteiger partial charge is 0.330 e. The summed E-state index contributed by atoms with van der Waals surface area (Å²) in [4.78, 5) is 0. The third-order valence-corrected chi connectivity index (χ3v) is 3.21. The number of hydrogen-bond donors (Lipinski definition) is 2. The van der Waals surface area contributed by atoms with Crippen molar-refractivity contribution in [2.24, 2.45) is 11.7 Å². The lowest BCUT2D eigenvalue weighted by Gasteiger charge is -2.10. The Bertz CT molecular complexity index is 284. The van der Waals surface area contributed by atoms with Gasteiger partial charge >= 0.3 is 0 Å². The van der Waals surface area contributed by atoms with Gasteiger partial charge in [-0.1, -0.05) is 30.3 Å². The Balaban J connectivity index is 1.82. The predicted octanol–water partition coefficient (Wildman–Crippen LogP) is 1.56. The van der Waals surface area contributed by atoms with Crippen LogP contribution in [0.5, 0.6) is 0 Å². The molecule has 1 saturated heterocycles. The van der Waals surface area contributed by atoms with Crippen LogP contribution < -0.4 is 11.1 Å². The van der Waals surface area contributed by atoms with Crippen molar-refractivity contribution in [2.45, 2.75) is 25.3 Å². The summed E-state index contributed by atoms with van der Waals surface area (Å²) in [6.45, 7) is 1.97. The summed E-state index contributed by atoms with van der Waals surface area (Å²) in [7, 11) is 0. The molecule has 1 aliphatic rings. The van der Waals surface area contributed by atoms with Crippen molar-refractivity contribution < 1.29 is 0 Å². The van der Waals surface area contributed by atoms with Gasteiger partial charge in [0.15, 0.2) is 0 Å². The van der Waals surface area contributed by atoms with Crippen LogP contribution in [0.15, 0.2) is 30.3 Å². The second kappa shape index (κ2) is 5.29. The van der Waals surface area contributed by atoms with Gasteiger partial charge in [0.2, 0.25) is 0 Å². The van der Waals surface area contributed by atoms with Gasteiger partial charge in [-0.05, 0) is 43.8 Å². The van der Waals surface area contributed by atoms with Crippen molar-refractivity contribution in [2.75, 3.05) is 13.1 Å². The highest BCUT2D eigenvalue weighted by Gasteiger charge is 2.23. The average Bonchev–Trinajstić information content (AvgIpc) is 2.68. The molecule has 0 bridgehead atoms. The summed E-state index contributed by atoms with van der Waals surface area (Å²) in [6, 6.07) is 11.4. The molecule has 2 rings (SSSR count). The molecular formula is C13H20N2. The van der Waals surface area contributed by atoms with Crippen LogP contribution in [-0.4, -0.2) is 19.1 Å². The number of rotatable bonds is 4. The van der Waals surface area contributed by atoms with Gasteiger partial charge in [-0.15, -0.1) is 0 Å². The van der Waals surface area contributed by atoms with E-state index in [-0.39, 0.29) is 0 Å². The molecule has 0 radical (unpaired) electrons. The van der Waals surface area contributed by atoms with E-state index in [1.165, 1.54) is 12.0 Å². The Labute approximate surface area is 91.9 Å². The van der Waals surface area contributed by atoms with Gasteiger partial charge in [0.1, 0.15) is 0 Å². The minimum absolute atomic E-state index is 0.656. The molecule has 2 heteroatoms. The first-order valence-electron chi connectivity index (χ1n) is 5.86. The first-order chi connectivity index (χ1) is 7.38. The summed E-state index contributed by atoms with van der Waals surface area (Å²) in [5.74, 6) is 0.795. The Morgan fingerprint density at radius 3 is 2.80 bits per heavy atom. The van der Waals surface area contributed by atoms with Crippen molar-refractivity contribution in [3.05, 3.63) is 35.9 Å². The average molecular weight is 204 g/mol. The van der Waals surface area contributed by atoms with Crippen LogP contribution in [0, 0.1) is 5.92 Å². The van der Waals surface area contributed by atoms with Crippen molar-refractivity contribution >= 4 is 0 Å². The van der Waals surface area contributed by atoms with Gasteiger partial charge in [-0.25, -0.2) is 0 Å². The van der Waals surface area contributed by atoms with Gasteiger partial charge in [0.05, 0.1) is 0 Å². The third kappa shape index (κ3) is 3.05. The van der Waals surface area contributed by atoms with E-state index in [0.29, 0.717) is 6.04 Å². The summed E-state index contributed by atoms with van der Waals surface area (Å²) >= 11 is 0. The van der Waals surface area contributed by atoms with Crippen LogP contribution in [0.1, 0.15) is 18.4 Å². The topological polar surface area (TPSA) is 38.0 Å². The SMILES string of the molecule is NCCC1CNC(Cc2ccccc2)C1. The Hall–Kier alpha value is -0.860. The molecule has 1 aromatic rings. The second-order valence-electron chi connectivity index (χ2n) is 4.47. The molecule has 2 atom stereocenters. The summed E-state index contributed by atoms with van der Waals surface area (Å²) < 4.78 is 0. The molecule has 15 heavy (non-hydrogen) atoms. The molecule has 1 aliphatic heterocycles. The molecule has 2 nitrogen and oxygen atoms in total. The van der Waals surface area contributed by atoms with Crippen LogP contribution in [0.25, 0.3) is 0 Å². The number of nitrogens with two attached hydrogens (primary N) is 1. The normalized spacial score (nSPS) is 25.7. The Morgan fingerprint density at radius 2 is 2.07 bits per heavy atom. The molecule has 0 aromatic heterocycles. The maximum atomic E-state index is 5.58.